The first-order chi connectivity index (χ1) is 8.61. The van der Waals surface area contributed by atoms with Crippen LogP contribution in [0.25, 0.3) is 0 Å². The largest absolute Gasteiger partial charge is 0.250 e. The normalized spacial score (nSPS) is 11.3. The molecule has 0 aliphatic carbocycles. The number of nitrogens with zero attached hydrogens (tertiary/aromatic N) is 3. The summed E-state index contributed by atoms with van der Waals surface area (Å²) in [5.74, 6) is -0.663. The molecule has 0 amide bonds. The molecule has 0 aliphatic rings. The van der Waals surface area contributed by atoms with Crippen molar-refractivity contribution >= 4 is 18.4 Å². The maximum absolute atomic E-state index is 13.4. The van der Waals surface area contributed by atoms with Crippen LogP contribution in [0.3, 0.4) is 0 Å². The molecule has 0 radical (unpaired) electrons. The van der Waals surface area contributed by atoms with E-state index in [1.807, 2.05) is 6.92 Å². The molecule has 2 rings (SSSR count). The molecule has 0 unspecified atom stereocenters. The van der Waals surface area contributed by atoms with Crippen molar-refractivity contribution in [3.8, 4) is 0 Å². The lowest BCUT2D eigenvalue weighted by molar-refractivity contribution is 0.582. The van der Waals surface area contributed by atoms with Gasteiger partial charge < -0.3 is 0 Å². The summed E-state index contributed by atoms with van der Waals surface area (Å²) in [4.78, 5) is 0. The number of benzene rings is 1. The second kappa shape index (κ2) is 5.18. The van der Waals surface area contributed by atoms with Crippen molar-refractivity contribution in [3.05, 3.63) is 46.0 Å². The van der Waals surface area contributed by atoms with Crippen LogP contribution in [-0.2, 0) is 6.42 Å². The van der Waals surface area contributed by atoms with Gasteiger partial charge in [-0.2, -0.15) is 14.9 Å². The van der Waals surface area contributed by atoms with Gasteiger partial charge in [0.05, 0.1) is 6.21 Å². The van der Waals surface area contributed by atoms with E-state index >= 15 is 0 Å². The monoisotopic (exact) mass is 268 g/mol. The third kappa shape index (κ3) is 2.51. The van der Waals surface area contributed by atoms with Gasteiger partial charge in [0.1, 0.15) is 11.6 Å². The summed E-state index contributed by atoms with van der Waals surface area (Å²) in [6.07, 6.45) is 1.91. The SMILES string of the molecule is CCc1n[nH]c(=S)n1/N=C\c1ccc(F)cc1F. The van der Waals surface area contributed by atoms with Gasteiger partial charge in [-0.1, -0.05) is 6.92 Å². The average molecular weight is 268 g/mol. The number of aromatic amines is 1. The van der Waals surface area contributed by atoms with Crippen LogP contribution in [0.1, 0.15) is 18.3 Å². The Morgan fingerprint density at radius 2 is 2.28 bits per heavy atom. The number of H-pyrrole nitrogens is 1. The van der Waals surface area contributed by atoms with Gasteiger partial charge in [0, 0.05) is 18.1 Å². The van der Waals surface area contributed by atoms with Crippen LogP contribution in [0, 0.1) is 16.4 Å². The highest BCUT2D eigenvalue weighted by molar-refractivity contribution is 7.71. The average Bonchev–Trinajstić information content (AvgIpc) is 2.69. The van der Waals surface area contributed by atoms with E-state index in [4.69, 9.17) is 12.2 Å². The Kier molecular flexibility index (Phi) is 3.61. The number of rotatable bonds is 3. The van der Waals surface area contributed by atoms with Crippen LogP contribution in [0.4, 0.5) is 8.78 Å². The Balaban J connectivity index is 2.35. The van der Waals surface area contributed by atoms with Crippen molar-refractivity contribution in [2.24, 2.45) is 5.10 Å². The maximum Gasteiger partial charge on any atom is 0.216 e. The molecule has 0 aliphatic heterocycles. The molecular formula is C11H10F2N4S. The number of halogens is 2. The molecule has 94 valence electrons. The summed E-state index contributed by atoms with van der Waals surface area (Å²) >= 11 is 4.99. The molecule has 0 atom stereocenters. The second-order valence-electron chi connectivity index (χ2n) is 3.52. The Morgan fingerprint density at radius 3 is 2.94 bits per heavy atom. The fraction of sp³-hybridized carbons (Fsp3) is 0.182. The molecule has 0 bridgehead atoms. The van der Waals surface area contributed by atoms with Crippen LogP contribution < -0.4 is 0 Å². The van der Waals surface area contributed by atoms with Crippen LogP contribution in [-0.4, -0.2) is 21.1 Å². The van der Waals surface area contributed by atoms with Gasteiger partial charge in [-0.3, -0.25) is 5.10 Å². The van der Waals surface area contributed by atoms with E-state index in [9.17, 15) is 8.78 Å². The highest BCUT2D eigenvalue weighted by Crippen LogP contribution is 2.07. The van der Waals surface area contributed by atoms with Gasteiger partial charge in [-0.05, 0) is 24.4 Å². The third-order valence-corrected chi connectivity index (χ3v) is 2.57. The first-order valence-electron chi connectivity index (χ1n) is 5.27. The molecule has 1 aromatic heterocycles. The van der Waals surface area contributed by atoms with E-state index < -0.39 is 11.6 Å². The second-order valence-corrected chi connectivity index (χ2v) is 3.91. The summed E-state index contributed by atoms with van der Waals surface area (Å²) in [6.45, 7) is 1.90. The molecule has 1 N–H and O–H groups in total. The Hall–Kier alpha value is -1.89. The fourth-order valence-corrected chi connectivity index (χ4v) is 1.60. The zero-order chi connectivity index (χ0) is 13.1. The van der Waals surface area contributed by atoms with Gasteiger partial charge >= 0.3 is 0 Å². The number of nitrogens with one attached hydrogen (secondary N) is 1. The molecule has 4 nitrogen and oxygen atoms in total. The fourth-order valence-electron chi connectivity index (χ4n) is 1.40. The minimum Gasteiger partial charge on any atom is -0.250 e. The summed E-state index contributed by atoms with van der Waals surface area (Å²) in [5.41, 5.74) is 0.182. The number of aryl methyl sites for hydroxylation is 1. The summed E-state index contributed by atoms with van der Waals surface area (Å²) in [6, 6.07) is 3.28. The van der Waals surface area contributed by atoms with Crippen LogP contribution in [0.5, 0.6) is 0 Å². The van der Waals surface area contributed by atoms with Gasteiger partial charge in [-0.25, -0.2) is 8.78 Å². The quantitative estimate of drug-likeness (QED) is 0.687. The Labute approximate surface area is 107 Å². The van der Waals surface area contributed by atoms with Gasteiger partial charge in [0.2, 0.25) is 4.77 Å². The van der Waals surface area contributed by atoms with Gasteiger partial charge in [0.15, 0.2) is 5.82 Å². The third-order valence-electron chi connectivity index (χ3n) is 2.31. The molecule has 1 aromatic carbocycles. The van der Waals surface area contributed by atoms with Crippen molar-refractivity contribution in [2.45, 2.75) is 13.3 Å². The molecule has 7 heteroatoms. The highest BCUT2D eigenvalue weighted by Gasteiger charge is 2.03. The number of hydrogen-bond donors (Lipinski definition) is 1. The lowest BCUT2D eigenvalue weighted by atomic mass is 10.2. The minimum atomic E-state index is -0.674. The van der Waals surface area contributed by atoms with E-state index in [1.165, 1.54) is 23.0 Å². The Morgan fingerprint density at radius 1 is 1.50 bits per heavy atom. The van der Waals surface area contributed by atoms with Crippen LogP contribution >= 0.6 is 12.2 Å². The van der Waals surface area contributed by atoms with E-state index in [0.29, 0.717) is 17.0 Å². The molecule has 18 heavy (non-hydrogen) atoms. The summed E-state index contributed by atoms with van der Waals surface area (Å²) in [7, 11) is 0. The van der Waals surface area contributed by atoms with E-state index in [2.05, 4.69) is 15.3 Å². The zero-order valence-corrected chi connectivity index (χ0v) is 10.3. The molecule has 0 saturated carbocycles. The molecule has 0 fully saturated rings. The lowest BCUT2D eigenvalue weighted by Gasteiger charge is -1.98. The topological polar surface area (TPSA) is 46.0 Å². The molecular weight excluding hydrogens is 258 g/mol. The van der Waals surface area contributed by atoms with Crippen LogP contribution in [0.2, 0.25) is 0 Å². The highest BCUT2D eigenvalue weighted by atomic mass is 32.1. The van der Waals surface area contributed by atoms with Gasteiger partial charge in [-0.15, -0.1) is 0 Å². The van der Waals surface area contributed by atoms with E-state index in [1.54, 1.807) is 0 Å². The standard InChI is InChI=1S/C11H10F2N4S/c1-2-10-15-16-11(18)17(10)14-6-7-3-4-8(12)5-9(7)13/h3-6H,2H2,1H3,(H,16,18)/b14-6-. The summed E-state index contributed by atoms with van der Waals surface area (Å²) < 4.78 is 27.8. The van der Waals surface area contributed by atoms with E-state index in [0.717, 1.165) is 6.07 Å². The number of hydrogen-bond acceptors (Lipinski definition) is 3. The molecule has 0 spiro atoms. The zero-order valence-electron chi connectivity index (χ0n) is 9.52. The van der Waals surface area contributed by atoms with Crippen molar-refractivity contribution in [3.63, 3.8) is 0 Å². The van der Waals surface area contributed by atoms with Crippen molar-refractivity contribution in [2.75, 3.05) is 0 Å². The molecule has 1 heterocycles. The van der Waals surface area contributed by atoms with Crippen molar-refractivity contribution < 1.29 is 8.78 Å². The maximum atomic E-state index is 13.4. The first-order valence-corrected chi connectivity index (χ1v) is 5.68. The molecule has 2 aromatic rings. The summed E-state index contributed by atoms with van der Waals surface area (Å²) in [5, 5.41) is 10.6. The van der Waals surface area contributed by atoms with Crippen molar-refractivity contribution in [1.82, 2.24) is 14.9 Å². The van der Waals surface area contributed by atoms with E-state index in [-0.39, 0.29) is 5.56 Å². The number of aromatic nitrogens is 3. The lowest BCUT2D eigenvalue weighted by Crippen LogP contribution is -1.98. The predicted molar refractivity (Wildman–Crippen MR) is 66.1 cm³/mol. The molecule has 0 saturated heterocycles. The van der Waals surface area contributed by atoms with Gasteiger partial charge in [0.25, 0.3) is 0 Å². The van der Waals surface area contributed by atoms with Crippen LogP contribution in [0.15, 0.2) is 23.3 Å². The van der Waals surface area contributed by atoms with Crippen molar-refractivity contribution in [1.29, 1.82) is 0 Å². The minimum absolute atomic E-state index is 0.182. The smallest absolute Gasteiger partial charge is 0.216 e. The first kappa shape index (κ1) is 12.6. The predicted octanol–water partition coefficient (Wildman–Crippen LogP) is 2.66. The Bertz CT molecular complexity index is 645.